The normalized spacial score (nSPS) is 17.2. The van der Waals surface area contributed by atoms with Crippen LogP contribution >= 0.6 is 0 Å². The van der Waals surface area contributed by atoms with E-state index in [2.05, 4.69) is 58.3 Å². The lowest BCUT2D eigenvalue weighted by atomic mass is 9.83. The molecule has 1 saturated heterocycles. The van der Waals surface area contributed by atoms with Crippen LogP contribution in [0.15, 0.2) is 24.5 Å². The second kappa shape index (κ2) is 9.58. The van der Waals surface area contributed by atoms with Crippen LogP contribution in [-0.2, 0) is 23.8 Å². The number of likely N-dealkylation sites (N-methyl/N-ethyl adjacent to an activating group) is 1. The van der Waals surface area contributed by atoms with Gasteiger partial charge in [-0.05, 0) is 63.4 Å². The molecule has 2 aliphatic heterocycles. The lowest BCUT2D eigenvalue weighted by Gasteiger charge is -2.42. The molecule has 34 heavy (non-hydrogen) atoms. The molecule has 9 nitrogen and oxygen atoms in total. The summed E-state index contributed by atoms with van der Waals surface area (Å²) in [5.41, 5.74) is 4.26. The Bertz CT molecular complexity index is 1180. The van der Waals surface area contributed by atoms with E-state index in [0.29, 0.717) is 5.95 Å². The summed E-state index contributed by atoms with van der Waals surface area (Å²) in [4.78, 5) is 23.8. The predicted octanol–water partition coefficient (Wildman–Crippen LogP) is 3.47. The molecule has 2 aromatic heterocycles. The number of amides is 1. The average molecular weight is 466 g/mol. The summed E-state index contributed by atoms with van der Waals surface area (Å²) < 4.78 is 7.37. The fourth-order valence-electron chi connectivity index (χ4n) is 4.59. The van der Waals surface area contributed by atoms with Crippen molar-refractivity contribution in [2.24, 2.45) is 7.05 Å². The fourth-order valence-corrected chi connectivity index (χ4v) is 4.59. The molecule has 1 fully saturated rings. The number of methoxy groups -OCH3 is 1. The maximum Gasteiger partial charge on any atom is 0.229 e. The molecule has 0 radical (unpaired) electrons. The number of hydrogen-bond acceptors (Lipinski definition) is 7. The van der Waals surface area contributed by atoms with Gasteiger partial charge < -0.3 is 15.0 Å². The molecule has 1 amide bonds. The van der Waals surface area contributed by atoms with Gasteiger partial charge in [0.25, 0.3) is 0 Å². The van der Waals surface area contributed by atoms with Crippen LogP contribution in [0.3, 0.4) is 0 Å². The number of ether oxygens (including phenoxy) is 1. The van der Waals surface area contributed by atoms with Gasteiger partial charge in [-0.15, -0.1) is 0 Å². The molecule has 5 rings (SSSR count). The van der Waals surface area contributed by atoms with Crippen LogP contribution in [-0.4, -0.2) is 69.2 Å². The van der Waals surface area contributed by atoms with Crippen molar-refractivity contribution in [2.45, 2.75) is 45.6 Å². The smallest absolute Gasteiger partial charge is 0.229 e. The molecule has 0 unspecified atom stereocenters. The van der Waals surface area contributed by atoms with E-state index in [0.717, 1.165) is 48.5 Å². The predicted molar refractivity (Wildman–Crippen MR) is 133 cm³/mol. The van der Waals surface area contributed by atoms with Gasteiger partial charge in [-0.3, -0.25) is 14.4 Å². The van der Waals surface area contributed by atoms with Crippen LogP contribution in [0.2, 0.25) is 0 Å². The van der Waals surface area contributed by atoms with Crippen LogP contribution in [0, 0.1) is 0 Å². The molecular weight excluding hydrogens is 430 g/mol. The summed E-state index contributed by atoms with van der Waals surface area (Å²) in [5, 5.41) is 8.46. The Balaban J connectivity index is 0.000000291. The van der Waals surface area contributed by atoms with E-state index >= 15 is 0 Å². The first-order valence-corrected chi connectivity index (χ1v) is 11.8. The van der Waals surface area contributed by atoms with Gasteiger partial charge in [0.1, 0.15) is 5.75 Å². The minimum Gasteiger partial charge on any atom is -0.495 e. The first-order chi connectivity index (χ1) is 16.2. The maximum atomic E-state index is 10.6. The quantitative estimate of drug-likeness (QED) is 0.634. The number of carbonyl (C=O) groups excluding carboxylic acids is 1. The van der Waals surface area contributed by atoms with Gasteiger partial charge in [-0.2, -0.15) is 10.1 Å². The van der Waals surface area contributed by atoms with Crippen LogP contribution < -0.4 is 10.1 Å². The third-order valence-corrected chi connectivity index (χ3v) is 7.03. The number of rotatable bonds is 3. The summed E-state index contributed by atoms with van der Waals surface area (Å²) in [5.74, 6) is 1.56. The van der Waals surface area contributed by atoms with E-state index in [1.807, 2.05) is 11.9 Å². The maximum absolute atomic E-state index is 10.6. The lowest BCUT2D eigenvalue weighted by molar-refractivity contribution is -0.127. The van der Waals surface area contributed by atoms with Gasteiger partial charge in [-0.25, -0.2) is 4.98 Å². The van der Waals surface area contributed by atoms with Gasteiger partial charge in [0.15, 0.2) is 5.65 Å². The zero-order chi connectivity index (χ0) is 24.5. The molecule has 182 valence electrons. The number of carbonyl (C=O) groups is 1. The van der Waals surface area contributed by atoms with Crippen molar-refractivity contribution >= 4 is 28.6 Å². The van der Waals surface area contributed by atoms with Crippen molar-refractivity contribution < 1.29 is 9.53 Å². The summed E-state index contributed by atoms with van der Waals surface area (Å²) in [7, 11) is 5.73. The van der Waals surface area contributed by atoms with Crippen molar-refractivity contribution in [1.82, 2.24) is 29.5 Å². The molecule has 9 heteroatoms. The number of hydrogen-bond donors (Lipinski definition) is 1. The molecule has 0 saturated carbocycles. The molecule has 0 atom stereocenters. The van der Waals surface area contributed by atoms with E-state index in [-0.39, 0.29) is 11.4 Å². The zero-order valence-electron chi connectivity index (χ0n) is 21.1. The average Bonchev–Trinajstić information content (AvgIpc) is 3.48. The van der Waals surface area contributed by atoms with Crippen LogP contribution in [0.5, 0.6) is 5.75 Å². The summed E-state index contributed by atoms with van der Waals surface area (Å²) >= 11 is 0. The van der Waals surface area contributed by atoms with Crippen molar-refractivity contribution in [3.8, 4) is 5.75 Å². The van der Waals surface area contributed by atoms with Crippen LogP contribution in [0.25, 0.3) is 11.0 Å². The molecule has 0 aliphatic carbocycles. The first kappa shape index (κ1) is 23.9. The van der Waals surface area contributed by atoms with Gasteiger partial charge in [-0.1, -0.05) is 0 Å². The Morgan fingerprint density at radius 1 is 1.12 bits per heavy atom. The Kier molecular flexibility index (Phi) is 6.74. The second-order valence-electron chi connectivity index (χ2n) is 9.52. The molecule has 4 heterocycles. The highest BCUT2D eigenvalue weighted by Gasteiger charge is 2.33. The summed E-state index contributed by atoms with van der Waals surface area (Å²) in [6.45, 7) is 9.13. The van der Waals surface area contributed by atoms with Gasteiger partial charge in [0.05, 0.1) is 24.4 Å². The molecule has 1 aromatic carbocycles. The van der Waals surface area contributed by atoms with Gasteiger partial charge >= 0.3 is 0 Å². The molecule has 2 aliphatic rings. The molecular formula is C25H35N7O2. The van der Waals surface area contributed by atoms with E-state index in [1.165, 1.54) is 24.0 Å². The van der Waals surface area contributed by atoms with E-state index < -0.39 is 0 Å². The van der Waals surface area contributed by atoms with Crippen molar-refractivity contribution in [3.05, 3.63) is 35.7 Å². The second-order valence-corrected chi connectivity index (χ2v) is 9.52. The monoisotopic (exact) mass is 465 g/mol. The third kappa shape index (κ3) is 4.70. The van der Waals surface area contributed by atoms with Gasteiger partial charge in [0.2, 0.25) is 11.9 Å². The summed E-state index contributed by atoms with van der Waals surface area (Å²) in [6, 6.07) is 4.30. The topological polar surface area (TPSA) is 88.4 Å². The molecule has 0 spiro atoms. The Morgan fingerprint density at radius 3 is 2.50 bits per heavy atom. The number of aryl methyl sites for hydroxylation is 1. The number of anilines is 2. The highest BCUT2D eigenvalue weighted by atomic mass is 16.5. The molecule has 1 N–H and O–H groups in total. The number of benzene rings is 1. The Labute approximate surface area is 201 Å². The number of nitrogens with one attached hydrogen (secondary N) is 1. The van der Waals surface area contributed by atoms with Crippen LogP contribution in [0.1, 0.15) is 44.7 Å². The first-order valence-electron chi connectivity index (χ1n) is 11.8. The lowest BCUT2D eigenvalue weighted by Crippen LogP contribution is -2.44. The third-order valence-electron chi connectivity index (χ3n) is 7.03. The minimum absolute atomic E-state index is 0.0386. The highest BCUT2D eigenvalue weighted by molar-refractivity contribution is 5.76. The van der Waals surface area contributed by atoms with E-state index in [4.69, 9.17) is 4.74 Å². The largest absolute Gasteiger partial charge is 0.495 e. The zero-order valence-corrected chi connectivity index (χ0v) is 21.1. The summed E-state index contributed by atoms with van der Waals surface area (Å²) in [6.07, 6.45) is 6.94. The molecule has 3 aromatic rings. The fraction of sp³-hybridized carbons (Fsp3) is 0.520. The van der Waals surface area contributed by atoms with E-state index in [9.17, 15) is 4.79 Å². The number of likely N-dealkylation sites (tertiary alicyclic amines) is 1. The highest BCUT2D eigenvalue weighted by Crippen LogP contribution is 2.40. The van der Waals surface area contributed by atoms with Crippen molar-refractivity contribution in [3.63, 3.8) is 0 Å². The SMILES string of the molecule is CC(=O)N1CCCC1.COc1cc2c(cc1Nc1ncc3cnn(C)c3n1)C(C)(C)N(C)CC2. The Hall–Kier alpha value is -3.20. The van der Waals surface area contributed by atoms with E-state index in [1.54, 1.807) is 31.1 Å². The van der Waals surface area contributed by atoms with Crippen molar-refractivity contribution in [1.29, 1.82) is 0 Å². The van der Waals surface area contributed by atoms with Crippen molar-refractivity contribution in [2.75, 3.05) is 39.1 Å². The standard InChI is InChI=1S/C19H24N6O.C6H11NO/c1-19(2)14-9-15(16(26-5)8-12(14)6-7-24(19)3)22-18-20-10-13-11-21-25(4)17(13)23-18;1-6(8)7-4-2-3-5-7/h8-11H,6-7H2,1-5H3,(H,20,22,23);2-5H2,1H3. The number of nitrogens with zero attached hydrogens (tertiary/aromatic N) is 6. The number of aromatic nitrogens is 4. The Morgan fingerprint density at radius 2 is 1.85 bits per heavy atom. The minimum atomic E-state index is -0.0386. The molecule has 0 bridgehead atoms. The number of fused-ring (bicyclic) bond motifs is 2. The van der Waals surface area contributed by atoms with Gasteiger partial charge in [0, 0.05) is 45.3 Å². The van der Waals surface area contributed by atoms with Crippen LogP contribution in [0.4, 0.5) is 11.6 Å².